The first-order valence-electron chi connectivity index (χ1n) is 6.06. The average molecular weight is 270 g/mol. The SMILES string of the molecule is O=C(CCl)c1cn(-c2ccccc2)c2ccccc12. The van der Waals surface area contributed by atoms with Crippen LogP contribution >= 0.6 is 11.6 Å². The zero-order chi connectivity index (χ0) is 13.2. The molecule has 0 amide bonds. The molecule has 3 rings (SSSR count). The smallest absolute Gasteiger partial charge is 0.179 e. The third-order valence-electron chi connectivity index (χ3n) is 3.17. The summed E-state index contributed by atoms with van der Waals surface area (Å²) in [5, 5.41) is 0.942. The van der Waals surface area contributed by atoms with Crippen molar-refractivity contribution in [2.45, 2.75) is 0 Å². The van der Waals surface area contributed by atoms with Gasteiger partial charge in [0.25, 0.3) is 0 Å². The van der Waals surface area contributed by atoms with Crippen LogP contribution in [0.5, 0.6) is 0 Å². The number of para-hydroxylation sites is 2. The van der Waals surface area contributed by atoms with Crippen LogP contribution < -0.4 is 0 Å². The van der Waals surface area contributed by atoms with E-state index in [-0.39, 0.29) is 11.7 Å². The molecule has 1 heterocycles. The van der Waals surface area contributed by atoms with Gasteiger partial charge in [-0.1, -0.05) is 36.4 Å². The van der Waals surface area contributed by atoms with Crippen LogP contribution in [0.25, 0.3) is 16.6 Å². The number of hydrogen-bond acceptors (Lipinski definition) is 1. The van der Waals surface area contributed by atoms with E-state index < -0.39 is 0 Å². The average Bonchev–Trinajstić information content (AvgIpc) is 2.87. The third-order valence-corrected chi connectivity index (χ3v) is 3.41. The Morgan fingerprint density at radius 1 is 1.00 bits per heavy atom. The largest absolute Gasteiger partial charge is 0.316 e. The van der Waals surface area contributed by atoms with Crippen LogP contribution in [0.1, 0.15) is 10.4 Å². The summed E-state index contributed by atoms with van der Waals surface area (Å²) in [4.78, 5) is 11.9. The first-order chi connectivity index (χ1) is 9.31. The van der Waals surface area contributed by atoms with Crippen molar-refractivity contribution in [2.75, 3.05) is 5.88 Å². The zero-order valence-corrected chi connectivity index (χ0v) is 11.0. The maximum absolute atomic E-state index is 11.9. The number of hydrogen-bond donors (Lipinski definition) is 0. The van der Waals surface area contributed by atoms with Gasteiger partial charge in [0.15, 0.2) is 5.78 Å². The van der Waals surface area contributed by atoms with Gasteiger partial charge in [-0.3, -0.25) is 4.79 Å². The molecule has 0 spiro atoms. The minimum absolute atomic E-state index is 0.00278. The van der Waals surface area contributed by atoms with Crippen molar-refractivity contribution >= 4 is 28.3 Å². The monoisotopic (exact) mass is 269 g/mol. The van der Waals surface area contributed by atoms with Crippen molar-refractivity contribution in [1.29, 1.82) is 0 Å². The van der Waals surface area contributed by atoms with E-state index in [9.17, 15) is 4.79 Å². The van der Waals surface area contributed by atoms with Crippen molar-refractivity contribution in [3.8, 4) is 5.69 Å². The minimum atomic E-state index is -0.0486. The molecule has 0 atom stereocenters. The molecule has 0 unspecified atom stereocenters. The molecule has 0 bridgehead atoms. The van der Waals surface area contributed by atoms with Gasteiger partial charge < -0.3 is 4.57 Å². The molecule has 2 aromatic carbocycles. The number of alkyl halides is 1. The zero-order valence-electron chi connectivity index (χ0n) is 10.2. The Hall–Kier alpha value is -2.06. The summed E-state index contributed by atoms with van der Waals surface area (Å²) in [7, 11) is 0. The van der Waals surface area contributed by atoms with E-state index in [1.165, 1.54) is 0 Å². The lowest BCUT2D eigenvalue weighted by Gasteiger charge is -2.04. The topological polar surface area (TPSA) is 22.0 Å². The fraction of sp³-hybridized carbons (Fsp3) is 0.0625. The third kappa shape index (κ3) is 2.04. The summed E-state index contributed by atoms with van der Waals surface area (Å²) in [6.45, 7) is 0. The van der Waals surface area contributed by atoms with Crippen LogP contribution in [0.3, 0.4) is 0 Å². The molecule has 3 heteroatoms. The predicted octanol–water partition coefficient (Wildman–Crippen LogP) is 4.05. The lowest BCUT2D eigenvalue weighted by molar-refractivity contribution is 0.102. The number of carbonyl (C=O) groups excluding carboxylic acids is 1. The van der Waals surface area contributed by atoms with E-state index in [0.717, 1.165) is 16.6 Å². The summed E-state index contributed by atoms with van der Waals surface area (Å²) in [6, 6.07) is 17.8. The van der Waals surface area contributed by atoms with Crippen molar-refractivity contribution in [3.63, 3.8) is 0 Å². The van der Waals surface area contributed by atoms with Gasteiger partial charge in [0.1, 0.15) is 0 Å². The van der Waals surface area contributed by atoms with E-state index in [1.807, 2.05) is 65.4 Å². The van der Waals surface area contributed by atoms with E-state index in [1.54, 1.807) is 0 Å². The molecule has 1 aromatic heterocycles. The second-order valence-corrected chi connectivity index (χ2v) is 4.59. The number of carbonyl (C=O) groups is 1. The Morgan fingerprint density at radius 3 is 2.42 bits per heavy atom. The van der Waals surface area contributed by atoms with Crippen LogP contribution in [0.4, 0.5) is 0 Å². The van der Waals surface area contributed by atoms with Gasteiger partial charge >= 0.3 is 0 Å². The molecule has 0 saturated heterocycles. The molecule has 3 aromatic rings. The number of aromatic nitrogens is 1. The molecule has 2 nitrogen and oxygen atoms in total. The number of rotatable bonds is 3. The molecule has 0 fully saturated rings. The highest BCUT2D eigenvalue weighted by Crippen LogP contribution is 2.25. The normalized spacial score (nSPS) is 10.8. The van der Waals surface area contributed by atoms with Crippen molar-refractivity contribution < 1.29 is 4.79 Å². The maximum atomic E-state index is 11.9. The van der Waals surface area contributed by atoms with Gasteiger partial charge in [0, 0.05) is 22.8 Å². The second-order valence-electron chi connectivity index (χ2n) is 4.32. The number of nitrogens with zero attached hydrogens (tertiary/aromatic N) is 1. The van der Waals surface area contributed by atoms with Crippen LogP contribution in [-0.4, -0.2) is 16.2 Å². The van der Waals surface area contributed by atoms with Gasteiger partial charge in [-0.25, -0.2) is 0 Å². The van der Waals surface area contributed by atoms with E-state index >= 15 is 0 Å². The van der Waals surface area contributed by atoms with Crippen molar-refractivity contribution in [1.82, 2.24) is 4.57 Å². The van der Waals surface area contributed by atoms with Gasteiger partial charge in [-0.2, -0.15) is 0 Å². The number of fused-ring (bicyclic) bond motifs is 1. The summed E-state index contributed by atoms with van der Waals surface area (Å²) in [5.41, 5.74) is 2.73. The number of ketones is 1. The number of Topliss-reactive ketones (excluding diaryl/α,β-unsaturated/α-hetero) is 1. The van der Waals surface area contributed by atoms with Gasteiger partial charge in [-0.05, 0) is 18.2 Å². The summed E-state index contributed by atoms with van der Waals surface area (Å²) in [6.07, 6.45) is 1.87. The fourth-order valence-electron chi connectivity index (χ4n) is 2.28. The van der Waals surface area contributed by atoms with Gasteiger partial charge in [0.05, 0.1) is 11.4 Å². The number of benzene rings is 2. The molecule has 94 valence electrons. The molecule has 0 aliphatic rings. The standard InChI is InChI=1S/C16H12ClNO/c17-10-16(19)14-11-18(12-6-2-1-3-7-12)15-9-5-4-8-13(14)15/h1-9,11H,10H2. The molecule has 0 saturated carbocycles. The quantitative estimate of drug-likeness (QED) is 0.519. The first kappa shape index (κ1) is 12.0. The summed E-state index contributed by atoms with van der Waals surface area (Å²) < 4.78 is 2.02. The van der Waals surface area contributed by atoms with Crippen LogP contribution in [0.2, 0.25) is 0 Å². The molecule has 0 N–H and O–H groups in total. The molecular formula is C16H12ClNO. The Labute approximate surface area is 116 Å². The van der Waals surface area contributed by atoms with E-state index in [0.29, 0.717) is 5.56 Å². The second kappa shape index (κ2) is 4.90. The van der Waals surface area contributed by atoms with Crippen molar-refractivity contribution in [2.24, 2.45) is 0 Å². The van der Waals surface area contributed by atoms with E-state index in [4.69, 9.17) is 11.6 Å². The van der Waals surface area contributed by atoms with Gasteiger partial charge in [0.2, 0.25) is 0 Å². The summed E-state index contributed by atoms with van der Waals surface area (Å²) in [5.74, 6) is -0.0458. The Morgan fingerprint density at radius 2 is 1.68 bits per heavy atom. The molecule has 19 heavy (non-hydrogen) atoms. The fourth-order valence-corrected chi connectivity index (χ4v) is 2.42. The molecule has 0 aliphatic carbocycles. The Balaban J connectivity index is 2.29. The first-order valence-corrected chi connectivity index (χ1v) is 6.59. The predicted molar refractivity (Wildman–Crippen MR) is 78.3 cm³/mol. The molecule has 0 aliphatic heterocycles. The maximum Gasteiger partial charge on any atom is 0.179 e. The summed E-state index contributed by atoms with van der Waals surface area (Å²) >= 11 is 5.68. The molecular weight excluding hydrogens is 258 g/mol. The van der Waals surface area contributed by atoms with Crippen LogP contribution in [-0.2, 0) is 0 Å². The van der Waals surface area contributed by atoms with Gasteiger partial charge in [-0.15, -0.1) is 11.6 Å². The molecule has 0 radical (unpaired) electrons. The Bertz CT molecular complexity index is 731. The highest BCUT2D eigenvalue weighted by atomic mass is 35.5. The minimum Gasteiger partial charge on any atom is -0.316 e. The highest BCUT2D eigenvalue weighted by Gasteiger charge is 2.14. The van der Waals surface area contributed by atoms with Crippen LogP contribution in [0, 0.1) is 0 Å². The van der Waals surface area contributed by atoms with E-state index in [2.05, 4.69) is 0 Å². The number of halogens is 1. The lowest BCUT2D eigenvalue weighted by atomic mass is 10.1. The lowest BCUT2D eigenvalue weighted by Crippen LogP contribution is -1.98. The Kier molecular flexibility index (Phi) is 3.10. The highest BCUT2D eigenvalue weighted by molar-refractivity contribution is 6.32. The van der Waals surface area contributed by atoms with Crippen LogP contribution in [0.15, 0.2) is 60.8 Å². The van der Waals surface area contributed by atoms with Crippen molar-refractivity contribution in [3.05, 3.63) is 66.4 Å².